The Hall–Kier alpha value is -0.563. The van der Waals surface area contributed by atoms with Gasteiger partial charge in [-0.05, 0) is 33.7 Å². The van der Waals surface area contributed by atoms with Crippen molar-refractivity contribution in [1.29, 1.82) is 0 Å². The van der Waals surface area contributed by atoms with Crippen molar-refractivity contribution >= 4 is 8.07 Å². The number of benzene rings is 1. The van der Waals surface area contributed by atoms with E-state index in [9.17, 15) is 0 Å². The van der Waals surface area contributed by atoms with E-state index in [4.69, 9.17) is 0 Å². The molecule has 0 N–H and O–H groups in total. The Balaban J connectivity index is 2.44. The molecule has 1 fully saturated rings. The van der Waals surface area contributed by atoms with Crippen LogP contribution in [0.3, 0.4) is 0 Å². The topological polar surface area (TPSA) is 0 Å². The SMILES string of the molecule is Cc1ccccc1C1C[Si]1(C(C)(C)C)C(C)(C)C. The minimum absolute atomic E-state index is 0.498. The van der Waals surface area contributed by atoms with Gasteiger partial charge in [0.1, 0.15) is 0 Å². The van der Waals surface area contributed by atoms with Gasteiger partial charge in [0.15, 0.2) is 0 Å². The van der Waals surface area contributed by atoms with Crippen LogP contribution in [-0.2, 0) is 0 Å². The van der Waals surface area contributed by atoms with Crippen molar-refractivity contribution in [2.75, 3.05) is 0 Å². The van der Waals surface area contributed by atoms with Gasteiger partial charge in [-0.15, -0.1) is 0 Å². The summed E-state index contributed by atoms with van der Waals surface area (Å²) in [6.45, 7) is 17.1. The second kappa shape index (κ2) is 3.96. The van der Waals surface area contributed by atoms with Gasteiger partial charge >= 0.3 is 0 Å². The molecule has 18 heavy (non-hydrogen) atoms. The summed E-state index contributed by atoms with van der Waals surface area (Å²) >= 11 is 0. The summed E-state index contributed by atoms with van der Waals surface area (Å²) in [7, 11) is -1.26. The van der Waals surface area contributed by atoms with Crippen LogP contribution in [0.15, 0.2) is 24.3 Å². The van der Waals surface area contributed by atoms with E-state index in [0.717, 1.165) is 5.54 Å². The number of rotatable bonds is 1. The van der Waals surface area contributed by atoms with Crippen molar-refractivity contribution in [3.63, 3.8) is 0 Å². The molecule has 0 aromatic heterocycles. The monoisotopic (exact) mass is 260 g/mol. The molecule has 0 spiro atoms. The van der Waals surface area contributed by atoms with Crippen LogP contribution in [0.5, 0.6) is 0 Å². The Morgan fingerprint density at radius 1 is 0.944 bits per heavy atom. The van der Waals surface area contributed by atoms with E-state index >= 15 is 0 Å². The summed E-state index contributed by atoms with van der Waals surface area (Å²) in [4.78, 5) is 0. The molecule has 1 aromatic rings. The van der Waals surface area contributed by atoms with Crippen molar-refractivity contribution in [1.82, 2.24) is 0 Å². The fourth-order valence-electron chi connectivity index (χ4n) is 4.40. The zero-order valence-electron chi connectivity index (χ0n) is 13.1. The average molecular weight is 260 g/mol. The van der Waals surface area contributed by atoms with Crippen LogP contribution in [0, 0.1) is 6.92 Å². The molecule has 0 radical (unpaired) electrons. The molecule has 0 nitrogen and oxygen atoms in total. The lowest BCUT2D eigenvalue weighted by Gasteiger charge is -2.41. The molecule has 0 amide bonds. The van der Waals surface area contributed by atoms with E-state index in [1.54, 1.807) is 5.56 Å². The zero-order chi connectivity index (χ0) is 13.8. The summed E-state index contributed by atoms with van der Waals surface area (Å²) in [5.41, 5.74) is 4.00. The minimum atomic E-state index is -1.26. The zero-order valence-corrected chi connectivity index (χ0v) is 14.1. The number of hydrogen-bond acceptors (Lipinski definition) is 0. The molecule has 1 aliphatic heterocycles. The van der Waals surface area contributed by atoms with Crippen LogP contribution in [0.2, 0.25) is 16.1 Å². The molecule has 1 saturated heterocycles. The Morgan fingerprint density at radius 2 is 1.44 bits per heavy atom. The average Bonchev–Trinajstić information content (AvgIpc) is 2.92. The Labute approximate surface area is 114 Å². The molecule has 2 rings (SSSR count). The Bertz CT molecular complexity index is 431. The maximum absolute atomic E-state index is 2.47. The molecule has 1 heterocycles. The smallest absolute Gasteiger partial charge is 0.0625 e. The standard InChI is InChI=1S/C17H28Si/c1-13-10-8-9-11-14(13)15-12-18(15,16(2,3)4)17(5,6)7/h8-11,15H,12H2,1-7H3. The van der Waals surface area contributed by atoms with E-state index < -0.39 is 8.07 Å². The molecule has 0 aliphatic carbocycles. The van der Waals surface area contributed by atoms with Crippen LogP contribution in [-0.4, -0.2) is 8.07 Å². The first-order chi connectivity index (χ1) is 8.11. The molecule has 0 saturated carbocycles. The first-order valence-electron chi connectivity index (χ1n) is 7.17. The predicted molar refractivity (Wildman–Crippen MR) is 83.9 cm³/mol. The fourth-order valence-corrected chi connectivity index (χ4v) is 12.2. The van der Waals surface area contributed by atoms with Gasteiger partial charge in [0, 0.05) is 0 Å². The van der Waals surface area contributed by atoms with Crippen LogP contribution >= 0.6 is 0 Å². The van der Waals surface area contributed by atoms with E-state index in [-0.39, 0.29) is 0 Å². The van der Waals surface area contributed by atoms with E-state index in [0.29, 0.717) is 10.1 Å². The third-order valence-electron chi connectivity index (χ3n) is 5.20. The number of aryl methyl sites for hydroxylation is 1. The molecule has 100 valence electrons. The molecule has 1 unspecified atom stereocenters. The van der Waals surface area contributed by atoms with Crippen molar-refractivity contribution in [2.24, 2.45) is 0 Å². The van der Waals surface area contributed by atoms with Crippen molar-refractivity contribution in [2.45, 2.75) is 70.1 Å². The lowest BCUT2D eigenvalue weighted by Crippen LogP contribution is -2.40. The largest absolute Gasteiger partial charge is 0.0719 e. The molecule has 0 bridgehead atoms. The molecule has 1 aliphatic rings. The van der Waals surface area contributed by atoms with Gasteiger partial charge in [-0.2, -0.15) is 0 Å². The van der Waals surface area contributed by atoms with Gasteiger partial charge in [0.05, 0.1) is 8.07 Å². The molecule has 1 aromatic carbocycles. The third-order valence-corrected chi connectivity index (χ3v) is 12.8. The highest BCUT2D eigenvalue weighted by Gasteiger charge is 2.68. The van der Waals surface area contributed by atoms with Crippen LogP contribution in [0.25, 0.3) is 0 Å². The summed E-state index contributed by atoms with van der Waals surface area (Å²) in [6.07, 6.45) is 0. The molecular weight excluding hydrogens is 232 g/mol. The van der Waals surface area contributed by atoms with Crippen molar-refractivity contribution < 1.29 is 0 Å². The first-order valence-corrected chi connectivity index (χ1v) is 9.45. The lowest BCUT2D eigenvalue weighted by atomic mass is 10.1. The van der Waals surface area contributed by atoms with Crippen LogP contribution in [0.4, 0.5) is 0 Å². The minimum Gasteiger partial charge on any atom is -0.0625 e. The van der Waals surface area contributed by atoms with Gasteiger partial charge in [0.25, 0.3) is 0 Å². The highest BCUT2D eigenvalue weighted by molar-refractivity contribution is 6.95. The summed E-state index contributed by atoms with van der Waals surface area (Å²) in [5, 5.41) is 0.996. The highest BCUT2D eigenvalue weighted by atomic mass is 28.3. The van der Waals surface area contributed by atoms with Gasteiger partial charge in [-0.3, -0.25) is 0 Å². The number of hydrogen-bond donors (Lipinski definition) is 0. The van der Waals surface area contributed by atoms with Crippen molar-refractivity contribution in [3.8, 4) is 0 Å². The van der Waals surface area contributed by atoms with E-state index in [1.807, 2.05) is 0 Å². The van der Waals surface area contributed by atoms with Crippen molar-refractivity contribution in [3.05, 3.63) is 35.4 Å². The molecule has 1 heteroatoms. The molecular formula is C17H28Si. The Kier molecular flexibility index (Phi) is 3.05. The lowest BCUT2D eigenvalue weighted by molar-refractivity contribution is 0.634. The second-order valence-corrected chi connectivity index (χ2v) is 14.1. The van der Waals surface area contributed by atoms with Gasteiger partial charge in [-0.25, -0.2) is 0 Å². The van der Waals surface area contributed by atoms with Gasteiger partial charge in [-0.1, -0.05) is 71.9 Å². The Morgan fingerprint density at radius 3 is 1.83 bits per heavy atom. The van der Waals surface area contributed by atoms with Gasteiger partial charge < -0.3 is 0 Å². The van der Waals surface area contributed by atoms with Crippen LogP contribution in [0.1, 0.15) is 58.2 Å². The maximum atomic E-state index is 2.47. The molecule has 1 atom stereocenters. The second-order valence-electron chi connectivity index (χ2n) is 8.08. The summed E-state index contributed by atoms with van der Waals surface area (Å²) in [6, 6.07) is 10.5. The van der Waals surface area contributed by atoms with E-state index in [1.165, 1.54) is 11.6 Å². The van der Waals surface area contributed by atoms with Gasteiger partial charge in [0.2, 0.25) is 0 Å². The first kappa shape index (κ1) is 13.9. The van der Waals surface area contributed by atoms with E-state index in [2.05, 4.69) is 72.7 Å². The highest BCUT2D eigenvalue weighted by Crippen LogP contribution is 2.72. The predicted octanol–water partition coefficient (Wildman–Crippen LogP) is 5.68. The maximum Gasteiger partial charge on any atom is 0.0719 e. The van der Waals surface area contributed by atoms with Crippen LogP contribution < -0.4 is 0 Å². The summed E-state index contributed by atoms with van der Waals surface area (Å²) < 4.78 is 0. The third kappa shape index (κ3) is 1.87. The fraction of sp³-hybridized carbons (Fsp3) is 0.647. The normalized spacial score (nSPS) is 22.9. The summed E-state index contributed by atoms with van der Waals surface area (Å²) in [5.74, 6) is 0. The quantitative estimate of drug-likeness (QED) is 0.570.